The third-order valence-electron chi connectivity index (χ3n) is 2.65. The molecule has 0 aliphatic carbocycles. The lowest BCUT2D eigenvalue weighted by molar-refractivity contribution is 0.403. The van der Waals surface area contributed by atoms with E-state index >= 15 is 0 Å². The number of allylic oxidation sites excluding steroid dienone is 3. The van der Waals surface area contributed by atoms with E-state index in [2.05, 4.69) is 20.5 Å². The molecule has 9 heteroatoms. The average molecular weight is 322 g/mol. The maximum Gasteiger partial charge on any atom is 0.277 e. The van der Waals surface area contributed by atoms with Crippen LogP contribution in [0.25, 0.3) is 10.8 Å². The van der Waals surface area contributed by atoms with Gasteiger partial charge in [0.1, 0.15) is 11.2 Å². The van der Waals surface area contributed by atoms with Crippen LogP contribution in [0.3, 0.4) is 0 Å². The Kier molecular flexibility index (Phi) is 5.60. The minimum absolute atomic E-state index is 0.207. The van der Waals surface area contributed by atoms with Crippen molar-refractivity contribution in [3.05, 3.63) is 47.0 Å². The third kappa shape index (κ3) is 4.11. The van der Waals surface area contributed by atoms with E-state index in [9.17, 15) is 4.79 Å². The summed E-state index contributed by atoms with van der Waals surface area (Å²) in [5, 5.41) is 9.96. The monoisotopic (exact) mass is 322 g/mol. The zero-order chi connectivity index (χ0) is 15.9. The first-order valence-corrected chi connectivity index (χ1v) is 7.71. The van der Waals surface area contributed by atoms with Gasteiger partial charge in [0.05, 0.1) is 13.3 Å². The molecule has 0 fully saturated rings. The van der Waals surface area contributed by atoms with Gasteiger partial charge in [-0.25, -0.2) is 5.10 Å². The molecule has 2 aromatic heterocycles. The standard InChI is InChI=1S/C13H15N4O4P/c1-21-13-11-9(8-15-17-12(11)18)7-10(16-13)14-5-3-2-4-6-22(19)20/h2-5,7-8,19-20H,6H2,1H3,(H,14,16)(H,17,18)/b4-2-,5-3-. The number of nitrogens with zero attached hydrogens (tertiary/aromatic N) is 2. The van der Waals surface area contributed by atoms with Gasteiger partial charge in [0, 0.05) is 17.7 Å². The maximum absolute atomic E-state index is 11.7. The van der Waals surface area contributed by atoms with Crippen molar-refractivity contribution < 1.29 is 14.5 Å². The molecule has 0 amide bonds. The fourth-order valence-electron chi connectivity index (χ4n) is 1.73. The molecule has 0 aliphatic rings. The van der Waals surface area contributed by atoms with Crippen LogP contribution < -0.4 is 15.6 Å². The van der Waals surface area contributed by atoms with E-state index < -0.39 is 8.38 Å². The smallest absolute Gasteiger partial charge is 0.277 e. The number of rotatable bonds is 6. The molecule has 22 heavy (non-hydrogen) atoms. The van der Waals surface area contributed by atoms with Crippen molar-refractivity contribution in [2.45, 2.75) is 0 Å². The van der Waals surface area contributed by atoms with Crippen molar-refractivity contribution >= 4 is 25.0 Å². The van der Waals surface area contributed by atoms with Gasteiger partial charge < -0.3 is 19.8 Å². The molecule has 4 N–H and O–H groups in total. The van der Waals surface area contributed by atoms with Crippen LogP contribution >= 0.6 is 8.38 Å². The highest BCUT2D eigenvalue weighted by Gasteiger charge is 2.09. The van der Waals surface area contributed by atoms with Gasteiger partial charge in [0.15, 0.2) is 8.38 Å². The second-order valence-electron chi connectivity index (χ2n) is 4.17. The minimum Gasteiger partial charge on any atom is -0.480 e. The highest BCUT2D eigenvalue weighted by Crippen LogP contribution is 2.23. The highest BCUT2D eigenvalue weighted by molar-refractivity contribution is 7.45. The summed E-state index contributed by atoms with van der Waals surface area (Å²) in [6.07, 6.45) is 8.37. The number of hydrogen-bond donors (Lipinski definition) is 4. The average Bonchev–Trinajstić information content (AvgIpc) is 2.49. The van der Waals surface area contributed by atoms with Crippen molar-refractivity contribution in [1.82, 2.24) is 15.2 Å². The highest BCUT2D eigenvalue weighted by atomic mass is 31.2. The Balaban J connectivity index is 2.17. The van der Waals surface area contributed by atoms with Crippen LogP contribution in [0.15, 0.2) is 41.5 Å². The van der Waals surface area contributed by atoms with Crippen LogP contribution in [0, 0.1) is 0 Å². The van der Waals surface area contributed by atoms with E-state index in [0.717, 1.165) is 0 Å². The largest absolute Gasteiger partial charge is 0.480 e. The Bertz CT molecular complexity index is 757. The van der Waals surface area contributed by atoms with Crippen molar-refractivity contribution in [3.63, 3.8) is 0 Å². The summed E-state index contributed by atoms with van der Waals surface area (Å²) >= 11 is 0. The SMILES string of the molecule is COc1nc(N/C=C\C=C/CP(O)O)cc2cn[nH]c(=O)c12. The molecular formula is C13H15N4O4P. The van der Waals surface area contributed by atoms with Crippen LogP contribution in [0.4, 0.5) is 5.82 Å². The Morgan fingerprint density at radius 2 is 2.27 bits per heavy atom. The first-order chi connectivity index (χ1) is 10.6. The Labute approximate surface area is 127 Å². The molecule has 8 nitrogen and oxygen atoms in total. The molecule has 0 aromatic carbocycles. The molecule has 0 radical (unpaired) electrons. The zero-order valence-corrected chi connectivity index (χ0v) is 12.6. The van der Waals surface area contributed by atoms with Crippen molar-refractivity contribution in [1.29, 1.82) is 0 Å². The summed E-state index contributed by atoms with van der Waals surface area (Å²) in [5.41, 5.74) is -0.364. The Morgan fingerprint density at radius 3 is 3.00 bits per heavy atom. The second kappa shape index (κ2) is 7.65. The third-order valence-corrected chi connectivity index (χ3v) is 3.19. The molecular weight excluding hydrogens is 307 g/mol. The summed E-state index contributed by atoms with van der Waals surface area (Å²) in [7, 11) is -0.468. The molecule has 2 aromatic rings. The number of anilines is 1. The topological polar surface area (TPSA) is 120 Å². The zero-order valence-electron chi connectivity index (χ0n) is 11.7. The van der Waals surface area contributed by atoms with Gasteiger partial charge in [-0.05, 0) is 12.1 Å². The summed E-state index contributed by atoms with van der Waals surface area (Å²) in [6, 6.07) is 1.68. The molecule has 0 saturated heterocycles. The van der Waals surface area contributed by atoms with E-state index in [0.29, 0.717) is 16.6 Å². The summed E-state index contributed by atoms with van der Waals surface area (Å²) in [6.45, 7) is 0. The molecule has 0 aliphatic heterocycles. The molecule has 0 unspecified atom stereocenters. The summed E-state index contributed by atoms with van der Waals surface area (Å²) in [5.74, 6) is 0.701. The molecule has 0 atom stereocenters. The van der Waals surface area contributed by atoms with E-state index in [1.807, 2.05) is 0 Å². The van der Waals surface area contributed by atoms with Gasteiger partial charge in [0.2, 0.25) is 5.88 Å². The predicted octanol–water partition coefficient (Wildman–Crippen LogP) is 1.10. The number of aromatic amines is 1. The summed E-state index contributed by atoms with van der Waals surface area (Å²) in [4.78, 5) is 33.4. The normalized spacial score (nSPS) is 11.8. The fourth-order valence-corrected chi connectivity index (χ4v) is 2.04. The molecule has 2 heterocycles. The van der Waals surface area contributed by atoms with Gasteiger partial charge in [-0.3, -0.25) is 4.79 Å². The second-order valence-corrected chi connectivity index (χ2v) is 5.28. The first kappa shape index (κ1) is 16.1. The lowest BCUT2D eigenvalue weighted by atomic mass is 10.2. The van der Waals surface area contributed by atoms with Crippen LogP contribution in [0.1, 0.15) is 0 Å². The lowest BCUT2D eigenvalue weighted by Gasteiger charge is -2.06. The van der Waals surface area contributed by atoms with Crippen molar-refractivity contribution in [2.75, 3.05) is 18.6 Å². The summed E-state index contributed by atoms with van der Waals surface area (Å²) < 4.78 is 5.13. The van der Waals surface area contributed by atoms with Crippen LogP contribution in [0.2, 0.25) is 0 Å². The molecule has 116 valence electrons. The van der Waals surface area contributed by atoms with Crippen LogP contribution in [-0.4, -0.2) is 38.2 Å². The van der Waals surface area contributed by atoms with E-state index in [1.54, 1.807) is 30.5 Å². The maximum atomic E-state index is 11.7. The van der Waals surface area contributed by atoms with Gasteiger partial charge in [0.25, 0.3) is 5.56 Å². The Morgan fingerprint density at radius 1 is 1.45 bits per heavy atom. The number of hydrogen-bond acceptors (Lipinski definition) is 7. The lowest BCUT2D eigenvalue weighted by Crippen LogP contribution is -2.10. The minimum atomic E-state index is -1.90. The van der Waals surface area contributed by atoms with Crippen molar-refractivity contribution in [2.24, 2.45) is 0 Å². The first-order valence-electron chi connectivity index (χ1n) is 6.27. The molecule has 0 bridgehead atoms. The number of ether oxygens (including phenoxy) is 1. The van der Waals surface area contributed by atoms with E-state index in [-0.39, 0.29) is 17.6 Å². The number of nitrogens with one attached hydrogen (secondary N) is 2. The number of aromatic nitrogens is 3. The van der Waals surface area contributed by atoms with Gasteiger partial charge in [-0.1, -0.05) is 12.2 Å². The van der Waals surface area contributed by atoms with Gasteiger partial charge in [-0.15, -0.1) is 0 Å². The van der Waals surface area contributed by atoms with Gasteiger partial charge >= 0.3 is 0 Å². The molecule has 2 rings (SSSR count). The molecule has 0 saturated carbocycles. The fraction of sp³-hybridized carbons (Fsp3) is 0.154. The van der Waals surface area contributed by atoms with Gasteiger partial charge in [-0.2, -0.15) is 10.1 Å². The van der Waals surface area contributed by atoms with Crippen LogP contribution in [0.5, 0.6) is 5.88 Å². The van der Waals surface area contributed by atoms with E-state index in [4.69, 9.17) is 14.5 Å². The van der Waals surface area contributed by atoms with E-state index in [1.165, 1.54) is 13.3 Å². The predicted molar refractivity (Wildman–Crippen MR) is 84.8 cm³/mol. The number of fused-ring (bicyclic) bond motifs is 1. The number of H-pyrrole nitrogens is 1. The Hall–Kier alpha value is -2.28. The van der Waals surface area contributed by atoms with Crippen LogP contribution in [-0.2, 0) is 0 Å². The van der Waals surface area contributed by atoms with Crippen molar-refractivity contribution in [3.8, 4) is 5.88 Å². The quantitative estimate of drug-likeness (QED) is 0.464. The number of methoxy groups -OCH3 is 1. The number of pyridine rings is 1. The molecule has 0 spiro atoms.